The minimum Gasteiger partial charge on any atom is -0.507 e. The maximum atomic E-state index is 13.2. The Morgan fingerprint density at radius 1 is 0.818 bits per heavy atom. The number of ether oxygens (including phenoxy) is 2. The molecule has 0 amide bonds. The van der Waals surface area contributed by atoms with Crippen LogP contribution in [0.3, 0.4) is 0 Å². The van der Waals surface area contributed by atoms with E-state index in [2.05, 4.69) is 4.99 Å². The molecule has 0 saturated heterocycles. The van der Waals surface area contributed by atoms with Gasteiger partial charge in [0, 0.05) is 22.9 Å². The highest BCUT2D eigenvalue weighted by atomic mass is 19.4. The number of para-hydroxylation sites is 3. The highest BCUT2D eigenvalue weighted by molar-refractivity contribution is 5.84. The smallest absolute Gasteiger partial charge is 0.419 e. The number of hydrogen-bond donors (Lipinski definition) is 2. The van der Waals surface area contributed by atoms with Gasteiger partial charge in [-0.3, -0.25) is 4.99 Å². The van der Waals surface area contributed by atoms with Crippen molar-refractivity contribution in [1.82, 2.24) is 0 Å². The summed E-state index contributed by atoms with van der Waals surface area (Å²) in [6.07, 6.45) is -3.60. The third-order valence-electron chi connectivity index (χ3n) is 5.45. The van der Waals surface area contributed by atoms with Crippen LogP contribution in [-0.2, 0) is 11.8 Å². The molecule has 1 atom stereocenters. The van der Waals surface area contributed by atoms with Gasteiger partial charge in [0.15, 0.2) is 0 Å². The number of phenolic OH excluding ortho intramolecular Hbond substituents is 1. The van der Waals surface area contributed by atoms with Gasteiger partial charge in [0.25, 0.3) is 0 Å². The van der Waals surface area contributed by atoms with Crippen molar-refractivity contribution in [2.75, 3.05) is 14.2 Å². The Bertz CT molecular complexity index is 1100. The van der Waals surface area contributed by atoms with Crippen LogP contribution < -0.4 is 9.47 Å². The summed E-state index contributed by atoms with van der Waals surface area (Å²) in [5.41, 5.74) is -2.26. The average molecular weight is 459 g/mol. The number of aliphatic imine (C=N–C) groups is 1. The molecule has 2 N–H and O–H groups in total. The Hall–Kier alpha value is -3.52. The molecule has 0 radical (unpaired) electrons. The SMILES string of the molecule is COc1ccccc1C(O)(c1ccccc1OC)C(C)N=Cc1cccc(C(F)(F)F)c1O. The fourth-order valence-corrected chi connectivity index (χ4v) is 3.71. The largest absolute Gasteiger partial charge is 0.507 e. The molecule has 174 valence electrons. The fourth-order valence-electron chi connectivity index (χ4n) is 3.71. The van der Waals surface area contributed by atoms with E-state index in [1.807, 2.05) is 0 Å². The predicted molar refractivity (Wildman–Crippen MR) is 119 cm³/mol. The first-order valence-corrected chi connectivity index (χ1v) is 10.1. The van der Waals surface area contributed by atoms with E-state index in [0.29, 0.717) is 22.6 Å². The molecule has 0 heterocycles. The van der Waals surface area contributed by atoms with Crippen LogP contribution in [0.4, 0.5) is 13.2 Å². The standard InChI is InChI=1S/C25H24F3NO4/c1-16(29-15-17-9-8-12-20(23(17)30)25(26,27)28)24(31,18-10-4-6-13-21(18)32-2)19-11-5-7-14-22(19)33-3/h4-16,30-31H,1-3H3. The summed E-state index contributed by atoms with van der Waals surface area (Å²) in [5.74, 6) is -0.135. The summed E-state index contributed by atoms with van der Waals surface area (Å²) in [5, 5.41) is 22.2. The molecule has 8 heteroatoms. The first kappa shape index (κ1) is 24.1. The van der Waals surface area contributed by atoms with Crippen LogP contribution in [0.5, 0.6) is 17.2 Å². The van der Waals surface area contributed by atoms with Gasteiger partial charge in [-0.1, -0.05) is 42.5 Å². The molecule has 0 aliphatic heterocycles. The van der Waals surface area contributed by atoms with Gasteiger partial charge >= 0.3 is 6.18 Å². The maximum absolute atomic E-state index is 13.2. The lowest BCUT2D eigenvalue weighted by atomic mass is 9.80. The Labute approximate surface area is 189 Å². The monoisotopic (exact) mass is 459 g/mol. The second kappa shape index (κ2) is 9.54. The van der Waals surface area contributed by atoms with Crippen LogP contribution in [0, 0.1) is 0 Å². The first-order chi connectivity index (χ1) is 15.6. The molecular formula is C25H24F3NO4. The van der Waals surface area contributed by atoms with Crippen molar-refractivity contribution < 1.29 is 32.9 Å². The highest BCUT2D eigenvalue weighted by Gasteiger charge is 2.42. The van der Waals surface area contributed by atoms with Crippen LogP contribution >= 0.6 is 0 Å². The van der Waals surface area contributed by atoms with Crippen molar-refractivity contribution in [2.24, 2.45) is 4.99 Å². The van der Waals surface area contributed by atoms with E-state index >= 15 is 0 Å². The summed E-state index contributed by atoms with van der Waals surface area (Å²) in [6.45, 7) is 1.61. The summed E-state index contributed by atoms with van der Waals surface area (Å²) in [4.78, 5) is 4.34. The molecule has 3 rings (SSSR count). The van der Waals surface area contributed by atoms with Crippen LogP contribution in [0.15, 0.2) is 71.7 Å². The Kier molecular flexibility index (Phi) is 6.98. The van der Waals surface area contributed by atoms with Gasteiger partial charge in [0.1, 0.15) is 22.8 Å². The molecule has 0 aromatic heterocycles. The molecule has 0 aliphatic rings. The Morgan fingerprint density at radius 2 is 1.30 bits per heavy atom. The van der Waals surface area contributed by atoms with Gasteiger partial charge in [0.2, 0.25) is 0 Å². The molecule has 1 unspecified atom stereocenters. The van der Waals surface area contributed by atoms with Crippen LogP contribution in [0.25, 0.3) is 0 Å². The zero-order valence-electron chi connectivity index (χ0n) is 18.3. The quantitative estimate of drug-likeness (QED) is 0.478. The van der Waals surface area contributed by atoms with E-state index in [0.717, 1.165) is 12.3 Å². The molecule has 0 bridgehead atoms. The summed E-state index contributed by atoms with van der Waals surface area (Å²) >= 11 is 0. The second-order valence-electron chi connectivity index (χ2n) is 7.36. The third-order valence-corrected chi connectivity index (χ3v) is 5.45. The van der Waals surface area contributed by atoms with Crippen LogP contribution in [0.2, 0.25) is 0 Å². The van der Waals surface area contributed by atoms with E-state index < -0.39 is 29.1 Å². The minimum absolute atomic E-state index is 0.126. The number of aromatic hydroxyl groups is 1. The third kappa shape index (κ3) is 4.66. The van der Waals surface area contributed by atoms with Gasteiger partial charge < -0.3 is 19.7 Å². The molecule has 33 heavy (non-hydrogen) atoms. The minimum atomic E-state index is -4.71. The summed E-state index contributed by atoms with van der Waals surface area (Å²) < 4.78 is 50.4. The van der Waals surface area contributed by atoms with Crippen LogP contribution in [-0.4, -0.2) is 36.7 Å². The molecule has 3 aromatic rings. The topological polar surface area (TPSA) is 71.3 Å². The number of aliphatic hydroxyl groups is 1. The molecule has 0 aliphatic carbocycles. The van der Waals surface area contributed by atoms with Crippen molar-refractivity contribution in [2.45, 2.75) is 24.7 Å². The molecule has 0 spiro atoms. The second-order valence-corrected chi connectivity index (χ2v) is 7.36. The molecule has 3 aromatic carbocycles. The predicted octanol–water partition coefficient (Wildman–Crippen LogP) is 5.17. The molecule has 0 fully saturated rings. The van der Waals surface area contributed by atoms with Crippen molar-refractivity contribution in [1.29, 1.82) is 0 Å². The van der Waals surface area contributed by atoms with E-state index in [1.165, 1.54) is 26.4 Å². The highest BCUT2D eigenvalue weighted by Crippen LogP contribution is 2.43. The Balaban J connectivity index is 2.15. The zero-order valence-corrected chi connectivity index (χ0v) is 18.3. The normalized spacial score (nSPS) is 13.2. The summed E-state index contributed by atoms with van der Waals surface area (Å²) in [7, 11) is 2.94. The van der Waals surface area contributed by atoms with Gasteiger partial charge in [-0.25, -0.2) is 0 Å². The molecule has 5 nitrogen and oxygen atoms in total. The lowest BCUT2D eigenvalue weighted by Crippen LogP contribution is -2.38. The van der Waals surface area contributed by atoms with Crippen molar-refractivity contribution in [3.8, 4) is 17.2 Å². The molecule has 0 saturated carbocycles. The van der Waals surface area contributed by atoms with E-state index in [9.17, 15) is 23.4 Å². The van der Waals surface area contributed by atoms with E-state index in [-0.39, 0.29) is 5.56 Å². The first-order valence-electron chi connectivity index (χ1n) is 10.1. The van der Waals surface area contributed by atoms with Gasteiger partial charge in [-0.15, -0.1) is 0 Å². The number of hydrogen-bond acceptors (Lipinski definition) is 5. The van der Waals surface area contributed by atoms with Gasteiger partial charge in [-0.2, -0.15) is 13.2 Å². The molecular weight excluding hydrogens is 435 g/mol. The van der Waals surface area contributed by atoms with E-state index in [4.69, 9.17) is 9.47 Å². The number of rotatable bonds is 7. The zero-order chi connectivity index (χ0) is 24.2. The number of benzene rings is 3. The number of methoxy groups -OCH3 is 2. The summed E-state index contributed by atoms with van der Waals surface area (Å²) in [6, 6.07) is 16.1. The Morgan fingerprint density at radius 3 is 1.79 bits per heavy atom. The lowest BCUT2D eigenvalue weighted by molar-refractivity contribution is -0.138. The number of alkyl halides is 3. The van der Waals surface area contributed by atoms with Crippen molar-refractivity contribution in [3.05, 3.63) is 89.0 Å². The van der Waals surface area contributed by atoms with Crippen LogP contribution in [0.1, 0.15) is 29.2 Å². The van der Waals surface area contributed by atoms with Gasteiger partial charge in [0.05, 0.1) is 25.8 Å². The van der Waals surface area contributed by atoms with Gasteiger partial charge in [-0.05, 0) is 31.2 Å². The average Bonchev–Trinajstić information content (AvgIpc) is 2.81. The number of phenols is 1. The number of halogens is 3. The lowest BCUT2D eigenvalue weighted by Gasteiger charge is -2.35. The van der Waals surface area contributed by atoms with E-state index in [1.54, 1.807) is 55.5 Å². The van der Waals surface area contributed by atoms with Crippen molar-refractivity contribution in [3.63, 3.8) is 0 Å². The number of nitrogens with zero attached hydrogens (tertiary/aromatic N) is 1. The maximum Gasteiger partial charge on any atom is 0.419 e. The van der Waals surface area contributed by atoms with Crippen molar-refractivity contribution >= 4 is 6.21 Å². The fraction of sp³-hybridized carbons (Fsp3) is 0.240.